The average Bonchev–Trinajstić information content (AvgIpc) is 3.23. The molecule has 3 heterocycles. The minimum Gasteiger partial charge on any atom is -0.487 e. The van der Waals surface area contributed by atoms with Crippen molar-refractivity contribution in [3.63, 3.8) is 0 Å². The molecule has 1 aromatic carbocycles. The molecule has 178 valence electrons. The number of hydrogen-bond acceptors (Lipinski definition) is 7. The summed E-state index contributed by atoms with van der Waals surface area (Å²) in [5, 5.41) is 7.69. The molecule has 9 nitrogen and oxygen atoms in total. The number of aromatic nitrogens is 4. The number of aryl methyl sites for hydroxylation is 1. The van der Waals surface area contributed by atoms with Crippen LogP contribution in [0.1, 0.15) is 18.2 Å². The zero-order valence-electron chi connectivity index (χ0n) is 17.9. The number of halogens is 3. The molecule has 0 saturated carbocycles. The molecule has 4 aromatic rings. The second kappa shape index (κ2) is 9.39. The van der Waals surface area contributed by atoms with Gasteiger partial charge in [0.25, 0.3) is 10.0 Å². The molecule has 0 atom stereocenters. The molecule has 0 amide bonds. The maximum atomic E-state index is 15.1. The Balaban J connectivity index is 1.61. The Kier molecular flexibility index (Phi) is 6.53. The summed E-state index contributed by atoms with van der Waals surface area (Å²) in [6.07, 6.45) is 3.26. The lowest BCUT2D eigenvalue weighted by Crippen LogP contribution is -2.17. The van der Waals surface area contributed by atoms with E-state index in [1.54, 1.807) is 6.07 Å². The fourth-order valence-corrected chi connectivity index (χ4v) is 4.62. The highest BCUT2D eigenvalue weighted by molar-refractivity contribution is 7.92. The first-order valence-electron chi connectivity index (χ1n) is 9.88. The van der Waals surface area contributed by atoms with Crippen LogP contribution in [-0.4, -0.2) is 35.7 Å². The lowest BCUT2D eigenvalue weighted by molar-refractivity contribution is 0.292. The number of nitrogens with one attached hydrogen (secondary N) is 2. The number of methoxy groups -OCH3 is 1. The summed E-state index contributed by atoms with van der Waals surface area (Å²) >= 11 is 5.85. The summed E-state index contributed by atoms with van der Waals surface area (Å²) in [7, 11) is -3.14. The number of benzene rings is 1. The first-order chi connectivity index (χ1) is 16.2. The Bertz CT molecular complexity index is 1480. The van der Waals surface area contributed by atoms with Gasteiger partial charge in [-0.1, -0.05) is 18.5 Å². The third-order valence-electron chi connectivity index (χ3n) is 4.90. The predicted octanol–water partition coefficient (Wildman–Crippen LogP) is 4.24. The van der Waals surface area contributed by atoms with Gasteiger partial charge in [-0.15, -0.1) is 0 Å². The largest absolute Gasteiger partial charge is 0.487 e. The highest BCUT2D eigenvalue weighted by Crippen LogP contribution is 2.29. The molecular formula is C21H18ClF2N5O4S. The van der Waals surface area contributed by atoms with Gasteiger partial charge in [0, 0.05) is 17.3 Å². The zero-order chi connectivity index (χ0) is 24.5. The molecular weight excluding hydrogens is 492 g/mol. The number of aromatic amines is 1. The minimum atomic E-state index is -4.37. The summed E-state index contributed by atoms with van der Waals surface area (Å²) in [4.78, 5) is 7.54. The maximum Gasteiger partial charge on any atom is 0.267 e. The molecule has 4 rings (SSSR count). The smallest absolute Gasteiger partial charge is 0.267 e. The van der Waals surface area contributed by atoms with Crippen LogP contribution in [0, 0.1) is 11.6 Å². The highest BCUT2D eigenvalue weighted by atomic mass is 35.5. The first-order valence-corrected chi connectivity index (χ1v) is 11.7. The van der Waals surface area contributed by atoms with Crippen LogP contribution in [0.3, 0.4) is 0 Å². The van der Waals surface area contributed by atoms with Crippen LogP contribution in [0.25, 0.3) is 11.0 Å². The summed E-state index contributed by atoms with van der Waals surface area (Å²) in [5.41, 5.74) is 0.370. The van der Waals surface area contributed by atoms with Gasteiger partial charge in [-0.05, 0) is 30.7 Å². The Morgan fingerprint density at radius 1 is 1.18 bits per heavy atom. The van der Waals surface area contributed by atoms with Crippen LogP contribution in [0.4, 0.5) is 14.5 Å². The molecule has 2 N–H and O–H groups in total. The topological polar surface area (TPSA) is 119 Å². The van der Waals surface area contributed by atoms with Gasteiger partial charge in [0.1, 0.15) is 18.2 Å². The summed E-state index contributed by atoms with van der Waals surface area (Å²) in [5.74, 6) is -2.02. The van der Waals surface area contributed by atoms with Gasteiger partial charge in [-0.2, -0.15) is 5.10 Å². The predicted molar refractivity (Wildman–Crippen MR) is 121 cm³/mol. The van der Waals surface area contributed by atoms with Gasteiger partial charge in [-0.3, -0.25) is 9.82 Å². The molecule has 0 bridgehead atoms. The van der Waals surface area contributed by atoms with Crippen LogP contribution < -0.4 is 14.2 Å². The normalized spacial score (nSPS) is 11.6. The molecule has 0 aliphatic rings. The fourth-order valence-electron chi connectivity index (χ4n) is 3.20. The van der Waals surface area contributed by atoms with E-state index in [1.165, 1.54) is 19.5 Å². The molecule has 0 aliphatic heterocycles. The molecule has 0 saturated heterocycles. The molecule has 3 aromatic heterocycles. The standard InChI is InChI=1S/C21H18ClF2N5O4S/c1-3-16-13-7-12(9-25-20(13)28-27-16)33-10-14-15(23)4-5-17(19(14)24)29-34(30,31)18-6-11(22)8-26-21(18)32-2/h4-9,29H,3,10H2,1-2H3,(H,25,27,28). The van der Waals surface area contributed by atoms with E-state index in [1.807, 2.05) is 6.92 Å². The van der Waals surface area contributed by atoms with Crippen molar-refractivity contribution in [3.8, 4) is 11.6 Å². The lowest BCUT2D eigenvalue weighted by Gasteiger charge is -2.14. The quantitative estimate of drug-likeness (QED) is 0.364. The molecule has 34 heavy (non-hydrogen) atoms. The van der Waals surface area contributed by atoms with Crippen LogP contribution in [0.5, 0.6) is 11.6 Å². The summed E-state index contributed by atoms with van der Waals surface area (Å²) in [6, 6.07) is 4.65. The van der Waals surface area contributed by atoms with Crippen molar-refractivity contribution in [1.82, 2.24) is 20.2 Å². The third-order valence-corrected chi connectivity index (χ3v) is 6.47. The second-order valence-electron chi connectivity index (χ2n) is 7.04. The van der Waals surface area contributed by atoms with Crippen LogP contribution >= 0.6 is 11.6 Å². The van der Waals surface area contributed by atoms with E-state index in [0.29, 0.717) is 12.1 Å². The molecule has 0 unspecified atom stereocenters. The molecule has 0 aliphatic carbocycles. The van der Waals surface area contributed by atoms with Gasteiger partial charge in [0.05, 0.1) is 29.6 Å². The molecule has 0 spiro atoms. The van der Waals surface area contributed by atoms with Crippen molar-refractivity contribution in [2.24, 2.45) is 0 Å². The number of anilines is 1. The Hall–Kier alpha value is -3.51. The number of H-pyrrole nitrogens is 1. The van der Waals surface area contributed by atoms with E-state index < -0.39 is 44.4 Å². The van der Waals surface area contributed by atoms with Crippen LogP contribution in [-0.2, 0) is 23.1 Å². The van der Waals surface area contributed by atoms with E-state index >= 15 is 4.39 Å². The Labute approximate surface area is 198 Å². The van der Waals surface area contributed by atoms with Crippen molar-refractivity contribution in [2.75, 3.05) is 11.8 Å². The van der Waals surface area contributed by atoms with Crippen LogP contribution in [0.2, 0.25) is 5.02 Å². The summed E-state index contributed by atoms with van der Waals surface area (Å²) in [6.45, 7) is 1.43. The van der Waals surface area contributed by atoms with Gasteiger partial charge < -0.3 is 9.47 Å². The SMILES string of the molecule is CCc1[nH]nc2ncc(OCc3c(F)ccc(NS(=O)(=O)c4cc(Cl)cnc4OC)c3F)cc12. The number of fused-ring (bicyclic) bond motifs is 1. The van der Waals surface area contributed by atoms with E-state index in [9.17, 15) is 12.8 Å². The molecule has 0 fully saturated rings. The number of ether oxygens (including phenoxy) is 2. The van der Waals surface area contributed by atoms with Crippen molar-refractivity contribution in [3.05, 3.63) is 64.6 Å². The lowest BCUT2D eigenvalue weighted by atomic mass is 10.2. The third kappa shape index (κ3) is 4.59. The highest BCUT2D eigenvalue weighted by Gasteiger charge is 2.24. The van der Waals surface area contributed by atoms with E-state index in [-0.39, 0.29) is 16.7 Å². The average molecular weight is 510 g/mol. The van der Waals surface area contributed by atoms with Crippen molar-refractivity contribution in [2.45, 2.75) is 24.8 Å². The maximum absolute atomic E-state index is 15.1. The van der Waals surface area contributed by atoms with Crippen molar-refractivity contribution in [1.29, 1.82) is 0 Å². The van der Waals surface area contributed by atoms with Gasteiger partial charge in [-0.25, -0.2) is 27.2 Å². The molecule has 13 heteroatoms. The zero-order valence-corrected chi connectivity index (χ0v) is 19.5. The first kappa shape index (κ1) is 23.6. The van der Waals surface area contributed by atoms with Crippen molar-refractivity contribution < 1.29 is 26.7 Å². The number of rotatable bonds is 8. The Morgan fingerprint density at radius 2 is 1.97 bits per heavy atom. The number of sulfonamides is 1. The van der Waals surface area contributed by atoms with Gasteiger partial charge in [0.2, 0.25) is 5.88 Å². The number of nitrogens with zero attached hydrogens (tertiary/aromatic N) is 3. The van der Waals surface area contributed by atoms with E-state index in [2.05, 4.69) is 24.9 Å². The second-order valence-corrected chi connectivity index (χ2v) is 9.13. The monoisotopic (exact) mass is 509 g/mol. The van der Waals surface area contributed by atoms with E-state index in [0.717, 1.165) is 29.3 Å². The molecule has 0 radical (unpaired) electrons. The van der Waals surface area contributed by atoms with Gasteiger partial charge in [0.15, 0.2) is 16.4 Å². The van der Waals surface area contributed by atoms with Gasteiger partial charge >= 0.3 is 0 Å². The Morgan fingerprint density at radius 3 is 2.71 bits per heavy atom. The summed E-state index contributed by atoms with van der Waals surface area (Å²) < 4.78 is 67.7. The fraction of sp³-hybridized carbons (Fsp3) is 0.190. The minimum absolute atomic E-state index is 0.0317. The van der Waals surface area contributed by atoms with E-state index in [4.69, 9.17) is 21.1 Å². The van der Waals surface area contributed by atoms with Crippen molar-refractivity contribution >= 4 is 38.3 Å². The van der Waals surface area contributed by atoms with Crippen LogP contribution in [0.15, 0.2) is 41.6 Å². The number of pyridine rings is 2. The number of hydrogen-bond donors (Lipinski definition) is 2.